The third kappa shape index (κ3) is 5.26. The Morgan fingerprint density at radius 2 is 2.20 bits per heavy atom. The highest BCUT2D eigenvalue weighted by atomic mass is 32.2. The number of ether oxygens (including phenoxy) is 1. The Morgan fingerprint density at radius 3 is 2.80 bits per heavy atom. The van der Waals surface area contributed by atoms with Gasteiger partial charge in [-0.2, -0.15) is 0 Å². The van der Waals surface area contributed by atoms with E-state index in [4.69, 9.17) is 4.74 Å². The molecule has 10 heteroatoms. The van der Waals surface area contributed by atoms with Crippen LogP contribution in [0.1, 0.15) is 23.0 Å². The Bertz CT molecular complexity index is 806. The predicted molar refractivity (Wildman–Crippen MR) is 96.6 cm³/mol. The van der Waals surface area contributed by atoms with E-state index in [0.29, 0.717) is 16.6 Å². The molecule has 8 nitrogen and oxygen atoms in total. The van der Waals surface area contributed by atoms with Gasteiger partial charge in [0.25, 0.3) is 0 Å². The van der Waals surface area contributed by atoms with Crippen LogP contribution in [0.5, 0.6) is 5.75 Å². The van der Waals surface area contributed by atoms with E-state index in [-0.39, 0.29) is 28.9 Å². The number of rotatable bonds is 8. The van der Waals surface area contributed by atoms with Gasteiger partial charge in [0, 0.05) is 24.1 Å². The van der Waals surface area contributed by atoms with E-state index in [1.165, 1.54) is 49.3 Å². The van der Waals surface area contributed by atoms with Crippen LogP contribution in [0.4, 0.5) is 10.8 Å². The van der Waals surface area contributed by atoms with Gasteiger partial charge in [0.15, 0.2) is 16.7 Å². The average molecular weight is 381 g/mol. The smallest absolute Gasteiger partial charge is 0.311 e. The molecule has 1 aromatic heterocycles. The molecule has 0 aliphatic carbocycles. The Labute approximate surface area is 151 Å². The van der Waals surface area contributed by atoms with Crippen LogP contribution in [0.15, 0.2) is 23.6 Å². The number of benzene rings is 1. The maximum absolute atomic E-state index is 11.9. The number of aromatic nitrogens is 1. The van der Waals surface area contributed by atoms with Crippen molar-refractivity contribution >= 4 is 45.6 Å². The molecule has 0 unspecified atom stereocenters. The third-order valence-corrected chi connectivity index (χ3v) is 4.81. The van der Waals surface area contributed by atoms with Crippen molar-refractivity contribution in [2.24, 2.45) is 0 Å². The second kappa shape index (κ2) is 8.58. The van der Waals surface area contributed by atoms with Crippen LogP contribution in [0.2, 0.25) is 0 Å². The molecule has 25 heavy (non-hydrogen) atoms. The molecule has 2 rings (SSSR count). The molecule has 1 heterocycles. The van der Waals surface area contributed by atoms with Crippen molar-refractivity contribution in [2.45, 2.75) is 12.7 Å². The predicted octanol–water partition coefficient (Wildman–Crippen LogP) is 3.13. The molecule has 0 saturated heterocycles. The van der Waals surface area contributed by atoms with Crippen LogP contribution in [-0.4, -0.2) is 34.5 Å². The summed E-state index contributed by atoms with van der Waals surface area (Å²) in [4.78, 5) is 37.5. The topological polar surface area (TPSA) is 111 Å². The second-order valence-electron chi connectivity index (χ2n) is 4.90. The summed E-state index contributed by atoms with van der Waals surface area (Å²) in [6, 6.07) is 4.69. The molecule has 1 N–H and O–H groups in total. The highest BCUT2D eigenvalue weighted by Crippen LogP contribution is 2.29. The van der Waals surface area contributed by atoms with E-state index in [1.807, 2.05) is 0 Å². The first-order chi connectivity index (χ1) is 11.9. The van der Waals surface area contributed by atoms with E-state index in [1.54, 1.807) is 11.4 Å². The zero-order valence-corrected chi connectivity index (χ0v) is 15.1. The molecule has 1 aromatic carbocycles. The Balaban J connectivity index is 1.87. The first kappa shape index (κ1) is 18.9. The number of carbonyl (C=O) groups excluding carboxylic acids is 2. The largest absolute Gasteiger partial charge is 0.490 e. The van der Waals surface area contributed by atoms with Crippen molar-refractivity contribution < 1.29 is 19.2 Å². The molecule has 0 saturated carbocycles. The van der Waals surface area contributed by atoms with Gasteiger partial charge in [0.05, 0.1) is 17.8 Å². The molecule has 1 amide bonds. The molecule has 0 atom stereocenters. The Kier molecular flexibility index (Phi) is 6.48. The number of ketones is 1. The summed E-state index contributed by atoms with van der Waals surface area (Å²) in [7, 11) is 1.37. The van der Waals surface area contributed by atoms with Crippen LogP contribution in [0.25, 0.3) is 0 Å². The summed E-state index contributed by atoms with van der Waals surface area (Å²) in [5.41, 5.74) is 0.932. The monoisotopic (exact) mass is 381 g/mol. The quantitative estimate of drug-likeness (QED) is 0.425. The molecule has 0 spiro atoms. The van der Waals surface area contributed by atoms with Gasteiger partial charge in [-0.3, -0.25) is 19.7 Å². The number of thiazole rings is 1. The standard InChI is InChI=1S/C15H15N3O5S2/c1-9(19)11-7-25-15(16-11)17-14(20)8-24-6-10-3-4-13(23-2)12(5-10)18(21)22/h3-5,7H,6,8H2,1-2H3,(H,16,17,20). The minimum absolute atomic E-state index is 0.107. The third-order valence-electron chi connectivity index (χ3n) is 3.05. The number of methoxy groups -OCH3 is 1. The minimum atomic E-state index is -0.505. The van der Waals surface area contributed by atoms with Gasteiger partial charge in [-0.15, -0.1) is 23.1 Å². The molecular formula is C15H15N3O5S2. The fourth-order valence-electron chi connectivity index (χ4n) is 1.88. The zero-order valence-electron chi connectivity index (χ0n) is 13.5. The fraction of sp³-hybridized carbons (Fsp3) is 0.267. The summed E-state index contributed by atoms with van der Waals surface area (Å²) in [6.45, 7) is 1.41. The lowest BCUT2D eigenvalue weighted by Gasteiger charge is -2.05. The number of amides is 1. The van der Waals surface area contributed by atoms with Crippen molar-refractivity contribution in [1.82, 2.24) is 4.98 Å². The first-order valence-electron chi connectivity index (χ1n) is 7.06. The highest BCUT2D eigenvalue weighted by Gasteiger charge is 2.15. The number of anilines is 1. The van der Waals surface area contributed by atoms with E-state index >= 15 is 0 Å². The van der Waals surface area contributed by atoms with Gasteiger partial charge >= 0.3 is 5.69 Å². The normalized spacial score (nSPS) is 10.3. The Hall–Kier alpha value is -2.46. The number of nitrogens with one attached hydrogen (secondary N) is 1. The van der Waals surface area contributed by atoms with E-state index in [2.05, 4.69) is 10.3 Å². The molecular weight excluding hydrogens is 366 g/mol. The summed E-state index contributed by atoms with van der Waals surface area (Å²) in [6.07, 6.45) is 0. The Morgan fingerprint density at radius 1 is 1.44 bits per heavy atom. The molecule has 132 valence electrons. The molecule has 0 fully saturated rings. The number of carbonyl (C=O) groups is 2. The molecule has 0 radical (unpaired) electrons. The number of nitrogens with zero attached hydrogens (tertiary/aromatic N) is 2. The lowest BCUT2D eigenvalue weighted by molar-refractivity contribution is -0.385. The first-order valence-corrected chi connectivity index (χ1v) is 9.09. The minimum Gasteiger partial charge on any atom is -0.490 e. The van der Waals surface area contributed by atoms with Crippen molar-refractivity contribution in [3.8, 4) is 5.75 Å². The number of nitro benzene ring substituents is 1. The van der Waals surface area contributed by atoms with Crippen LogP contribution < -0.4 is 10.1 Å². The maximum atomic E-state index is 11.9. The van der Waals surface area contributed by atoms with E-state index < -0.39 is 4.92 Å². The lowest BCUT2D eigenvalue weighted by Crippen LogP contribution is -2.14. The van der Waals surface area contributed by atoms with Crippen molar-refractivity contribution in [1.29, 1.82) is 0 Å². The molecule has 0 aliphatic heterocycles. The number of nitro groups is 1. The fourth-order valence-corrected chi connectivity index (χ4v) is 3.42. The van der Waals surface area contributed by atoms with Crippen LogP contribution >= 0.6 is 23.1 Å². The molecule has 0 aliphatic rings. The lowest BCUT2D eigenvalue weighted by atomic mass is 10.2. The highest BCUT2D eigenvalue weighted by molar-refractivity contribution is 7.99. The summed E-state index contributed by atoms with van der Waals surface area (Å²) in [5, 5.41) is 15.6. The van der Waals surface area contributed by atoms with Gasteiger partial charge < -0.3 is 10.1 Å². The summed E-state index contributed by atoms with van der Waals surface area (Å²) < 4.78 is 4.95. The van der Waals surface area contributed by atoms with Crippen molar-refractivity contribution in [2.75, 3.05) is 18.2 Å². The van der Waals surface area contributed by atoms with Gasteiger partial charge in [0.1, 0.15) is 5.69 Å². The summed E-state index contributed by atoms with van der Waals surface area (Å²) in [5.74, 6) is 0.384. The second-order valence-corrected chi connectivity index (χ2v) is 6.74. The zero-order chi connectivity index (χ0) is 18.4. The van der Waals surface area contributed by atoms with E-state index in [9.17, 15) is 19.7 Å². The van der Waals surface area contributed by atoms with Crippen LogP contribution in [-0.2, 0) is 10.5 Å². The van der Waals surface area contributed by atoms with Crippen LogP contribution in [0.3, 0.4) is 0 Å². The SMILES string of the molecule is COc1ccc(CSCC(=O)Nc2nc(C(C)=O)cs2)cc1[N+](=O)[O-]. The van der Waals surface area contributed by atoms with Crippen LogP contribution in [0, 0.1) is 10.1 Å². The van der Waals surface area contributed by atoms with Gasteiger partial charge in [-0.1, -0.05) is 6.07 Å². The number of thioether (sulfide) groups is 1. The van der Waals surface area contributed by atoms with Gasteiger partial charge in [-0.05, 0) is 11.6 Å². The number of hydrogen-bond acceptors (Lipinski definition) is 8. The van der Waals surface area contributed by atoms with Crippen molar-refractivity contribution in [3.05, 3.63) is 45.0 Å². The maximum Gasteiger partial charge on any atom is 0.311 e. The summed E-state index contributed by atoms with van der Waals surface area (Å²) >= 11 is 2.50. The number of Topliss-reactive ketones (excluding diaryl/α,β-unsaturated/α-hetero) is 1. The molecule has 2 aromatic rings. The van der Waals surface area contributed by atoms with Crippen molar-refractivity contribution in [3.63, 3.8) is 0 Å². The number of hydrogen-bond donors (Lipinski definition) is 1. The average Bonchev–Trinajstić information content (AvgIpc) is 3.03. The van der Waals surface area contributed by atoms with Gasteiger partial charge in [-0.25, -0.2) is 4.98 Å². The molecule has 0 bridgehead atoms. The van der Waals surface area contributed by atoms with E-state index in [0.717, 1.165) is 5.56 Å². The van der Waals surface area contributed by atoms with Gasteiger partial charge in [0.2, 0.25) is 5.91 Å².